The molecule has 0 unspecified atom stereocenters. The van der Waals surface area contributed by atoms with Crippen molar-refractivity contribution in [2.45, 2.75) is 46.7 Å². The Morgan fingerprint density at radius 1 is 1.18 bits per heavy atom. The molecule has 2 heterocycles. The van der Waals surface area contributed by atoms with Crippen LogP contribution in [0.4, 0.5) is 0 Å². The molecule has 0 aliphatic carbocycles. The molecular formula is C26H37N5O3. The number of rotatable bonds is 6. The average molecular weight is 468 g/mol. The van der Waals surface area contributed by atoms with Crippen LogP contribution in [0.2, 0.25) is 0 Å². The zero-order chi connectivity index (χ0) is 25.2. The second-order valence-electron chi connectivity index (χ2n) is 10.4. The maximum atomic E-state index is 13.6. The van der Waals surface area contributed by atoms with Crippen LogP contribution >= 0.6 is 0 Å². The topological polar surface area (TPSA) is 87.5 Å². The third-order valence-corrected chi connectivity index (χ3v) is 6.45. The van der Waals surface area contributed by atoms with Gasteiger partial charge in [-0.3, -0.25) is 14.4 Å². The highest BCUT2D eigenvalue weighted by Crippen LogP contribution is 2.32. The van der Waals surface area contributed by atoms with Gasteiger partial charge in [-0.2, -0.15) is 0 Å². The Morgan fingerprint density at radius 3 is 2.50 bits per heavy atom. The monoisotopic (exact) mass is 467 g/mol. The summed E-state index contributed by atoms with van der Waals surface area (Å²) in [5, 5.41) is 2.70. The lowest BCUT2D eigenvalue weighted by Crippen LogP contribution is -2.37. The molecule has 0 saturated carbocycles. The fourth-order valence-electron chi connectivity index (χ4n) is 4.46. The van der Waals surface area contributed by atoms with Gasteiger partial charge in [0.2, 0.25) is 5.91 Å². The molecule has 34 heavy (non-hydrogen) atoms. The maximum absolute atomic E-state index is 13.6. The van der Waals surface area contributed by atoms with Crippen LogP contribution in [0, 0.1) is 11.3 Å². The second-order valence-corrected chi connectivity index (χ2v) is 10.4. The van der Waals surface area contributed by atoms with Gasteiger partial charge < -0.3 is 19.7 Å². The van der Waals surface area contributed by atoms with Crippen molar-refractivity contribution in [3.63, 3.8) is 0 Å². The molecular weight excluding hydrogens is 430 g/mol. The molecule has 0 saturated heterocycles. The molecule has 1 aliphatic rings. The van der Waals surface area contributed by atoms with Crippen molar-refractivity contribution in [2.24, 2.45) is 11.3 Å². The van der Waals surface area contributed by atoms with Gasteiger partial charge in [0.05, 0.1) is 11.6 Å². The summed E-state index contributed by atoms with van der Waals surface area (Å²) in [5.74, 6) is -0.128. The summed E-state index contributed by atoms with van der Waals surface area (Å²) in [6, 6.07) is 7.39. The number of hydrogen-bond donors (Lipinski definition) is 1. The summed E-state index contributed by atoms with van der Waals surface area (Å²) >= 11 is 0. The van der Waals surface area contributed by atoms with Crippen LogP contribution < -0.4 is 5.32 Å². The van der Waals surface area contributed by atoms with E-state index in [9.17, 15) is 14.4 Å². The van der Waals surface area contributed by atoms with Gasteiger partial charge in [0.15, 0.2) is 5.78 Å². The van der Waals surface area contributed by atoms with Crippen LogP contribution in [0.1, 0.15) is 60.2 Å². The largest absolute Gasteiger partial charge is 0.359 e. The van der Waals surface area contributed by atoms with Crippen molar-refractivity contribution in [3.8, 4) is 11.4 Å². The predicted molar refractivity (Wildman–Crippen MR) is 133 cm³/mol. The number of imidazole rings is 1. The van der Waals surface area contributed by atoms with E-state index in [-0.39, 0.29) is 29.4 Å². The lowest BCUT2D eigenvalue weighted by Gasteiger charge is -2.28. The van der Waals surface area contributed by atoms with Crippen LogP contribution in [0.3, 0.4) is 0 Å². The van der Waals surface area contributed by atoms with E-state index in [2.05, 4.69) is 14.8 Å². The lowest BCUT2D eigenvalue weighted by molar-refractivity contribution is -0.127. The molecule has 0 bridgehead atoms. The molecule has 2 aromatic rings. The fraction of sp³-hybridized carbons (Fsp3) is 0.538. The first-order chi connectivity index (χ1) is 15.9. The van der Waals surface area contributed by atoms with Crippen molar-refractivity contribution in [1.82, 2.24) is 24.7 Å². The Bertz CT molecular complexity index is 1080. The van der Waals surface area contributed by atoms with E-state index in [1.165, 1.54) is 0 Å². The van der Waals surface area contributed by atoms with E-state index in [1.54, 1.807) is 32.1 Å². The highest BCUT2D eigenvalue weighted by atomic mass is 16.2. The first kappa shape index (κ1) is 25.6. The van der Waals surface area contributed by atoms with Gasteiger partial charge in [0.1, 0.15) is 11.5 Å². The normalized spacial score (nSPS) is 15.3. The van der Waals surface area contributed by atoms with E-state index in [4.69, 9.17) is 4.98 Å². The Hall–Kier alpha value is -3.00. The minimum atomic E-state index is -0.463. The number of carbonyl (C=O) groups is 3. The van der Waals surface area contributed by atoms with Crippen molar-refractivity contribution in [2.75, 3.05) is 34.7 Å². The molecule has 3 rings (SSSR count). The summed E-state index contributed by atoms with van der Waals surface area (Å²) in [5.41, 5.74) is 2.30. The summed E-state index contributed by atoms with van der Waals surface area (Å²) in [6.07, 6.45) is 1.02. The average Bonchev–Trinajstić information content (AvgIpc) is 3.02. The molecule has 1 aromatic carbocycles. The number of benzene rings is 1. The molecule has 0 fully saturated rings. The fourth-order valence-corrected chi connectivity index (χ4v) is 4.46. The molecule has 2 amide bonds. The summed E-state index contributed by atoms with van der Waals surface area (Å²) in [6.45, 7) is 8.17. The quantitative estimate of drug-likeness (QED) is 0.660. The SMILES string of the molecule is CNC(=O)[C@@H](CC(=O)c1nc(-c2cccc(C(=O)N(C)C)c2)n2c1CN(C)CCC2)C(C)(C)C. The number of hydrogen-bond acceptors (Lipinski definition) is 5. The molecule has 1 N–H and O–H groups in total. The lowest BCUT2D eigenvalue weighted by atomic mass is 9.77. The predicted octanol–water partition coefficient (Wildman–Crippen LogP) is 3.07. The number of Topliss-reactive ketones (excluding diaryl/α,β-unsaturated/α-hetero) is 1. The molecule has 1 atom stereocenters. The molecule has 1 aliphatic heterocycles. The van der Waals surface area contributed by atoms with Crippen molar-refractivity contribution in [1.29, 1.82) is 0 Å². The van der Waals surface area contributed by atoms with Crippen LogP contribution in [-0.4, -0.2) is 71.7 Å². The van der Waals surface area contributed by atoms with Crippen molar-refractivity contribution in [3.05, 3.63) is 41.2 Å². The minimum Gasteiger partial charge on any atom is -0.359 e. The third-order valence-electron chi connectivity index (χ3n) is 6.45. The first-order valence-corrected chi connectivity index (χ1v) is 11.8. The Morgan fingerprint density at radius 2 is 1.88 bits per heavy atom. The highest BCUT2D eigenvalue weighted by Gasteiger charge is 2.35. The van der Waals surface area contributed by atoms with Gasteiger partial charge in [-0.05, 0) is 37.6 Å². The molecule has 1 aromatic heterocycles. The number of carbonyl (C=O) groups excluding carboxylic acids is 3. The first-order valence-electron chi connectivity index (χ1n) is 11.8. The second kappa shape index (κ2) is 10.1. The van der Waals surface area contributed by atoms with Gasteiger partial charge in [-0.15, -0.1) is 0 Å². The number of ketones is 1. The summed E-state index contributed by atoms with van der Waals surface area (Å²) < 4.78 is 2.11. The molecule has 8 heteroatoms. The van der Waals surface area contributed by atoms with E-state index in [1.807, 2.05) is 46.0 Å². The molecule has 8 nitrogen and oxygen atoms in total. The van der Waals surface area contributed by atoms with Crippen LogP contribution in [-0.2, 0) is 17.9 Å². The summed E-state index contributed by atoms with van der Waals surface area (Å²) in [7, 11) is 7.08. The Balaban J connectivity index is 2.08. The van der Waals surface area contributed by atoms with Gasteiger partial charge in [-0.25, -0.2) is 4.98 Å². The standard InChI is InChI=1S/C26H37N5O3/c1-26(2,3)19(24(33)27-4)15-21(32)22-20-16-30(7)12-9-13-31(20)23(28-22)17-10-8-11-18(14-17)25(34)29(5)6/h8,10-11,14,19H,9,12-13,15-16H2,1-7H3,(H,27,33)/t19-/m1/s1. The smallest absolute Gasteiger partial charge is 0.253 e. The highest BCUT2D eigenvalue weighted by molar-refractivity contribution is 5.99. The number of nitrogens with zero attached hydrogens (tertiary/aromatic N) is 4. The van der Waals surface area contributed by atoms with Crippen LogP contribution in [0.5, 0.6) is 0 Å². The number of nitrogens with one attached hydrogen (secondary N) is 1. The van der Waals surface area contributed by atoms with Crippen molar-refractivity contribution < 1.29 is 14.4 Å². The van der Waals surface area contributed by atoms with E-state index >= 15 is 0 Å². The zero-order valence-corrected chi connectivity index (χ0v) is 21.4. The van der Waals surface area contributed by atoms with Crippen molar-refractivity contribution >= 4 is 17.6 Å². The van der Waals surface area contributed by atoms with E-state index < -0.39 is 5.92 Å². The van der Waals surface area contributed by atoms with Crippen LogP contribution in [0.15, 0.2) is 24.3 Å². The minimum absolute atomic E-state index is 0.0841. The Labute approximate surface area is 202 Å². The molecule has 0 spiro atoms. The summed E-state index contributed by atoms with van der Waals surface area (Å²) in [4.78, 5) is 47.3. The van der Waals surface area contributed by atoms with Gasteiger partial charge in [-0.1, -0.05) is 32.9 Å². The zero-order valence-electron chi connectivity index (χ0n) is 21.4. The maximum Gasteiger partial charge on any atom is 0.253 e. The van der Waals surface area contributed by atoms with Crippen LogP contribution in [0.25, 0.3) is 11.4 Å². The third kappa shape index (κ3) is 5.38. The van der Waals surface area contributed by atoms with Gasteiger partial charge in [0.25, 0.3) is 5.91 Å². The molecule has 0 radical (unpaired) electrons. The van der Waals surface area contributed by atoms with Gasteiger partial charge >= 0.3 is 0 Å². The number of fused-ring (bicyclic) bond motifs is 1. The Kier molecular flexibility index (Phi) is 7.60. The van der Waals surface area contributed by atoms with E-state index in [0.29, 0.717) is 23.6 Å². The number of aromatic nitrogens is 2. The van der Waals surface area contributed by atoms with Gasteiger partial charge in [0, 0.05) is 51.8 Å². The molecule has 184 valence electrons. The van der Waals surface area contributed by atoms with E-state index in [0.717, 1.165) is 30.8 Å². The number of amides is 2.